The summed E-state index contributed by atoms with van der Waals surface area (Å²) in [6.07, 6.45) is 0.118. The molecule has 1 amide bonds. The molecule has 0 heterocycles. The van der Waals surface area contributed by atoms with E-state index in [1.54, 1.807) is 6.92 Å². The van der Waals surface area contributed by atoms with Crippen molar-refractivity contribution in [2.75, 3.05) is 13.7 Å². The number of carbonyl (C=O) groups excluding carboxylic acids is 4. The first kappa shape index (κ1) is 16.1. The molecule has 1 unspecified atom stereocenters. The number of esters is 2. The average Bonchev–Trinajstić information content (AvgIpc) is 2.28. The van der Waals surface area contributed by atoms with E-state index in [1.807, 2.05) is 0 Å². The Morgan fingerprint density at radius 2 is 1.78 bits per heavy atom. The van der Waals surface area contributed by atoms with E-state index >= 15 is 0 Å². The first-order chi connectivity index (χ1) is 8.43. The number of hydrogen-bond donors (Lipinski definition) is 1. The number of methoxy groups -OCH3 is 1. The number of ether oxygens (including phenoxy) is 2. The van der Waals surface area contributed by atoms with E-state index < -0.39 is 29.5 Å². The molecule has 1 atom stereocenters. The van der Waals surface area contributed by atoms with Crippen LogP contribution in [0.4, 0.5) is 0 Å². The van der Waals surface area contributed by atoms with Gasteiger partial charge < -0.3 is 15.2 Å². The molecule has 0 spiro atoms. The molecule has 18 heavy (non-hydrogen) atoms. The van der Waals surface area contributed by atoms with Crippen LogP contribution < -0.4 is 5.73 Å². The summed E-state index contributed by atoms with van der Waals surface area (Å²) in [5, 5.41) is 0. The lowest BCUT2D eigenvalue weighted by Gasteiger charge is -2.10. The summed E-state index contributed by atoms with van der Waals surface area (Å²) in [6.45, 7) is 1.61. The third kappa shape index (κ3) is 5.42. The summed E-state index contributed by atoms with van der Waals surface area (Å²) >= 11 is 0. The van der Waals surface area contributed by atoms with E-state index in [1.165, 1.54) is 7.11 Å². The Balaban J connectivity index is 4.36. The van der Waals surface area contributed by atoms with Crippen LogP contribution >= 0.6 is 0 Å². The molecule has 0 saturated carbocycles. The molecule has 0 radical (unpaired) electrons. The van der Waals surface area contributed by atoms with Gasteiger partial charge in [0.15, 0.2) is 11.7 Å². The topological polar surface area (TPSA) is 113 Å². The number of carbonyl (C=O) groups is 4. The van der Waals surface area contributed by atoms with Crippen LogP contribution in [-0.2, 0) is 28.7 Å². The van der Waals surface area contributed by atoms with Gasteiger partial charge in [-0.05, 0) is 13.3 Å². The third-order valence-electron chi connectivity index (χ3n) is 2.16. The standard InChI is InChI=1S/C11H17NO6/c1-3-18-11(16)9(10(12)15)7(13)5-4-6-8(14)17-2/h9H,3-6H2,1-2H3,(H2,12,15). The number of ketones is 1. The summed E-state index contributed by atoms with van der Waals surface area (Å²) in [7, 11) is 1.23. The van der Waals surface area contributed by atoms with Crippen molar-refractivity contribution < 1.29 is 28.7 Å². The van der Waals surface area contributed by atoms with Gasteiger partial charge in [-0.3, -0.25) is 19.2 Å². The van der Waals surface area contributed by atoms with Gasteiger partial charge in [0, 0.05) is 12.8 Å². The van der Waals surface area contributed by atoms with Crippen LogP contribution in [-0.4, -0.2) is 37.3 Å². The van der Waals surface area contributed by atoms with Crippen LogP contribution in [0.2, 0.25) is 0 Å². The molecular formula is C11H17NO6. The summed E-state index contributed by atoms with van der Waals surface area (Å²) < 4.78 is 8.98. The fourth-order valence-electron chi connectivity index (χ4n) is 1.29. The highest BCUT2D eigenvalue weighted by molar-refractivity contribution is 6.16. The van der Waals surface area contributed by atoms with Crippen LogP contribution in [0.5, 0.6) is 0 Å². The van der Waals surface area contributed by atoms with Gasteiger partial charge in [-0.2, -0.15) is 0 Å². The van der Waals surface area contributed by atoms with Crippen molar-refractivity contribution in [2.24, 2.45) is 11.7 Å². The third-order valence-corrected chi connectivity index (χ3v) is 2.16. The van der Waals surface area contributed by atoms with E-state index in [0.717, 1.165) is 0 Å². The van der Waals surface area contributed by atoms with E-state index in [2.05, 4.69) is 9.47 Å². The molecule has 0 saturated heterocycles. The molecule has 0 aliphatic heterocycles. The largest absolute Gasteiger partial charge is 0.469 e. The maximum Gasteiger partial charge on any atom is 0.326 e. The van der Waals surface area contributed by atoms with Crippen LogP contribution in [0.1, 0.15) is 26.2 Å². The average molecular weight is 259 g/mol. The number of rotatable bonds is 8. The minimum Gasteiger partial charge on any atom is -0.469 e. The quantitative estimate of drug-likeness (QED) is 0.467. The number of amides is 1. The van der Waals surface area contributed by atoms with E-state index in [-0.39, 0.29) is 25.9 Å². The molecule has 0 fully saturated rings. The molecule has 0 aliphatic rings. The van der Waals surface area contributed by atoms with Crippen LogP contribution in [0.15, 0.2) is 0 Å². The fraction of sp³-hybridized carbons (Fsp3) is 0.636. The zero-order valence-corrected chi connectivity index (χ0v) is 10.4. The van der Waals surface area contributed by atoms with E-state index in [9.17, 15) is 19.2 Å². The zero-order chi connectivity index (χ0) is 14.1. The maximum atomic E-state index is 11.6. The van der Waals surface area contributed by atoms with Crippen molar-refractivity contribution in [1.82, 2.24) is 0 Å². The second-order valence-corrected chi connectivity index (χ2v) is 3.48. The van der Waals surface area contributed by atoms with Gasteiger partial charge in [0.25, 0.3) is 0 Å². The molecule has 0 aromatic rings. The second kappa shape index (κ2) is 8.21. The molecule has 2 N–H and O–H groups in total. The highest BCUT2D eigenvalue weighted by Crippen LogP contribution is 2.08. The monoisotopic (exact) mass is 259 g/mol. The smallest absolute Gasteiger partial charge is 0.326 e. The molecule has 0 bridgehead atoms. The van der Waals surface area contributed by atoms with Gasteiger partial charge in [-0.25, -0.2) is 0 Å². The van der Waals surface area contributed by atoms with Crippen LogP contribution in [0.25, 0.3) is 0 Å². The Labute approximate surface area is 105 Å². The van der Waals surface area contributed by atoms with Crippen molar-refractivity contribution in [3.63, 3.8) is 0 Å². The van der Waals surface area contributed by atoms with Gasteiger partial charge in [-0.1, -0.05) is 0 Å². The summed E-state index contributed by atoms with van der Waals surface area (Å²) in [5.41, 5.74) is 4.97. The van der Waals surface area contributed by atoms with Crippen molar-refractivity contribution in [3.8, 4) is 0 Å². The van der Waals surface area contributed by atoms with E-state index in [4.69, 9.17) is 5.73 Å². The number of hydrogen-bond acceptors (Lipinski definition) is 6. The van der Waals surface area contributed by atoms with Gasteiger partial charge in [0.2, 0.25) is 5.91 Å². The summed E-state index contributed by atoms with van der Waals surface area (Å²) in [5.74, 6) is -4.70. The minimum atomic E-state index is -1.59. The first-order valence-electron chi connectivity index (χ1n) is 5.49. The maximum absolute atomic E-state index is 11.6. The Morgan fingerprint density at radius 3 is 2.22 bits per heavy atom. The van der Waals surface area contributed by atoms with E-state index in [0.29, 0.717) is 0 Å². The predicted octanol–water partition coefficient (Wildman–Crippen LogP) is -0.437. The Hall–Kier alpha value is -1.92. The first-order valence-corrected chi connectivity index (χ1v) is 5.49. The molecule has 7 nitrogen and oxygen atoms in total. The van der Waals surface area contributed by atoms with Crippen molar-refractivity contribution in [3.05, 3.63) is 0 Å². The van der Waals surface area contributed by atoms with Crippen LogP contribution in [0.3, 0.4) is 0 Å². The minimum absolute atomic E-state index is 0.0382. The highest BCUT2D eigenvalue weighted by Gasteiger charge is 2.32. The molecule has 7 heteroatoms. The Bertz CT molecular complexity index is 338. The fourth-order valence-corrected chi connectivity index (χ4v) is 1.29. The predicted molar refractivity (Wildman–Crippen MR) is 60.2 cm³/mol. The van der Waals surface area contributed by atoms with Gasteiger partial charge in [0.05, 0.1) is 13.7 Å². The molecule has 102 valence electrons. The number of Topliss-reactive ketones (excluding diaryl/α,β-unsaturated/α-hetero) is 1. The van der Waals surface area contributed by atoms with Gasteiger partial charge >= 0.3 is 11.9 Å². The molecule has 0 aromatic carbocycles. The zero-order valence-electron chi connectivity index (χ0n) is 10.4. The number of nitrogens with two attached hydrogens (primary N) is 1. The number of primary amides is 1. The SMILES string of the molecule is CCOC(=O)C(C(N)=O)C(=O)CCCC(=O)OC. The second-order valence-electron chi connectivity index (χ2n) is 3.48. The normalized spacial score (nSPS) is 11.4. The molecule has 0 aliphatic carbocycles. The summed E-state index contributed by atoms with van der Waals surface area (Å²) in [4.78, 5) is 44.8. The van der Waals surface area contributed by atoms with Crippen molar-refractivity contribution in [1.29, 1.82) is 0 Å². The lowest BCUT2D eigenvalue weighted by molar-refractivity contribution is -0.154. The summed E-state index contributed by atoms with van der Waals surface area (Å²) in [6, 6.07) is 0. The molecule has 0 aromatic heterocycles. The van der Waals surface area contributed by atoms with Gasteiger partial charge in [0.1, 0.15) is 0 Å². The van der Waals surface area contributed by atoms with Gasteiger partial charge in [-0.15, -0.1) is 0 Å². The Kier molecular flexibility index (Phi) is 7.34. The van der Waals surface area contributed by atoms with Crippen molar-refractivity contribution in [2.45, 2.75) is 26.2 Å². The van der Waals surface area contributed by atoms with Crippen molar-refractivity contribution >= 4 is 23.6 Å². The van der Waals surface area contributed by atoms with Crippen LogP contribution in [0, 0.1) is 5.92 Å². The molecular weight excluding hydrogens is 242 g/mol. The molecule has 0 rings (SSSR count). The highest BCUT2D eigenvalue weighted by atomic mass is 16.5. The lowest BCUT2D eigenvalue weighted by Crippen LogP contribution is -2.37. The lowest BCUT2D eigenvalue weighted by atomic mass is 9.99. The Morgan fingerprint density at radius 1 is 1.17 bits per heavy atom.